The number of fused-ring (bicyclic) bond motifs is 5. The first kappa shape index (κ1) is 24.3. The maximum absolute atomic E-state index is 11.3. The third-order valence-corrected chi connectivity index (χ3v) is 7.56. The zero-order valence-corrected chi connectivity index (χ0v) is 21.1. The number of aliphatic hydroxyl groups excluding tert-OH is 1. The minimum Gasteiger partial charge on any atom is -0.508 e. The molecule has 0 unspecified atom stereocenters. The minimum atomic E-state index is -0.762. The van der Waals surface area contributed by atoms with Gasteiger partial charge in [-0.25, -0.2) is 0 Å². The second-order valence-corrected chi connectivity index (χ2v) is 9.82. The van der Waals surface area contributed by atoms with Gasteiger partial charge in [0.05, 0.1) is 20.3 Å². The molecule has 0 saturated carbocycles. The number of phenols is 2. The van der Waals surface area contributed by atoms with Gasteiger partial charge in [-0.15, -0.1) is 0 Å². The van der Waals surface area contributed by atoms with Crippen molar-refractivity contribution >= 4 is 0 Å². The molecular weight excluding hydrogens is 456 g/mol. The first-order valence-corrected chi connectivity index (χ1v) is 12.7. The fourth-order valence-corrected chi connectivity index (χ4v) is 5.84. The van der Waals surface area contributed by atoms with Gasteiger partial charge in [-0.1, -0.05) is 38.3 Å². The van der Waals surface area contributed by atoms with Crippen LogP contribution in [0.2, 0.25) is 0 Å². The molecule has 3 aromatic rings. The summed E-state index contributed by atoms with van der Waals surface area (Å²) in [4.78, 5) is 0. The molecule has 3 atom stereocenters. The number of hydrogen-bond acceptors (Lipinski definition) is 6. The summed E-state index contributed by atoms with van der Waals surface area (Å²) in [5.74, 6) is 2.35. The van der Waals surface area contributed by atoms with E-state index in [9.17, 15) is 15.3 Å². The summed E-state index contributed by atoms with van der Waals surface area (Å²) in [7, 11) is 3.17. The number of unbranched alkanes of at least 4 members (excludes halogenated alkanes) is 2. The van der Waals surface area contributed by atoms with Crippen LogP contribution in [0, 0.1) is 0 Å². The van der Waals surface area contributed by atoms with Crippen LogP contribution in [0.4, 0.5) is 0 Å². The average Bonchev–Trinajstić information content (AvgIpc) is 2.88. The first-order valence-electron chi connectivity index (χ1n) is 12.7. The standard InChI is InChI=1S/C30H34O6/c1-4-5-6-7-17-12-19-13-20(31)9-10-21(19)29-27(35-3)16-25-22(28(17)29)15-24(33)30(36-25)18-8-11-23(32)26(14-18)34-2/h8-11,13-14,16-17,24,30-33H,4-7,12,15H2,1-3H3/t17-,24-,30-/m1/s1. The van der Waals surface area contributed by atoms with Crippen molar-refractivity contribution in [2.24, 2.45) is 0 Å². The lowest BCUT2D eigenvalue weighted by Crippen LogP contribution is -2.32. The number of methoxy groups -OCH3 is 2. The van der Waals surface area contributed by atoms with Crippen molar-refractivity contribution in [2.75, 3.05) is 14.2 Å². The Balaban J connectivity index is 1.63. The van der Waals surface area contributed by atoms with Crippen LogP contribution in [0.15, 0.2) is 42.5 Å². The highest BCUT2D eigenvalue weighted by atomic mass is 16.5. The second kappa shape index (κ2) is 9.94. The lowest BCUT2D eigenvalue weighted by Gasteiger charge is -2.37. The van der Waals surface area contributed by atoms with Crippen LogP contribution < -0.4 is 14.2 Å². The van der Waals surface area contributed by atoms with Gasteiger partial charge in [0.1, 0.15) is 23.4 Å². The normalized spacial score (nSPS) is 20.1. The summed E-state index contributed by atoms with van der Waals surface area (Å²) in [6.45, 7) is 2.20. The van der Waals surface area contributed by atoms with Crippen molar-refractivity contribution in [3.05, 3.63) is 64.7 Å². The smallest absolute Gasteiger partial charge is 0.160 e. The molecule has 6 nitrogen and oxygen atoms in total. The van der Waals surface area contributed by atoms with Gasteiger partial charge in [0.2, 0.25) is 0 Å². The number of rotatable bonds is 7. The Hall–Kier alpha value is -3.38. The Bertz CT molecular complexity index is 1270. The van der Waals surface area contributed by atoms with E-state index in [0.29, 0.717) is 12.2 Å². The zero-order valence-electron chi connectivity index (χ0n) is 21.1. The monoisotopic (exact) mass is 490 g/mol. The summed E-state index contributed by atoms with van der Waals surface area (Å²) in [6.07, 6.45) is 4.36. The van der Waals surface area contributed by atoms with Crippen LogP contribution in [0.5, 0.6) is 28.7 Å². The van der Waals surface area contributed by atoms with Crippen molar-refractivity contribution in [3.8, 4) is 39.9 Å². The van der Waals surface area contributed by atoms with Gasteiger partial charge < -0.3 is 29.5 Å². The Labute approximate surface area is 212 Å². The predicted octanol–water partition coefficient (Wildman–Crippen LogP) is 6.04. The molecule has 5 rings (SSSR count). The molecule has 0 amide bonds. The average molecular weight is 491 g/mol. The molecule has 0 spiro atoms. The van der Waals surface area contributed by atoms with E-state index in [4.69, 9.17) is 14.2 Å². The number of aromatic hydroxyl groups is 2. The number of benzene rings is 3. The van der Waals surface area contributed by atoms with Gasteiger partial charge in [-0.05, 0) is 65.3 Å². The van der Waals surface area contributed by atoms with Gasteiger partial charge in [-0.2, -0.15) is 0 Å². The molecule has 36 heavy (non-hydrogen) atoms. The van der Waals surface area contributed by atoms with E-state index in [2.05, 4.69) is 6.92 Å². The van der Waals surface area contributed by atoms with Gasteiger partial charge in [-0.3, -0.25) is 0 Å². The van der Waals surface area contributed by atoms with Crippen LogP contribution in [0.1, 0.15) is 66.9 Å². The second-order valence-electron chi connectivity index (χ2n) is 9.82. The predicted molar refractivity (Wildman–Crippen MR) is 138 cm³/mol. The summed E-state index contributed by atoms with van der Waals surface area (Å²) in [6, 6.07) is 12.5. The Morgan fingerprint density at radius 1 is 0.944 bits per heavy atom. The molecule has 1 heterocycles. The van der Waals surface area contributed by atoms with Crippen molar-refractivity contribution in [2.45, 2.75) is 63.6 Å². The SMILES string of the molecule is CCCCC[C@@H]1Cc2cc(O)ccc2-c2c(OC)cc3c(c21)C[C@@H](O)[C@@H](c1ccc(O)c(OC)c1)O3. The molecule has 190 valence electrons. The van der Waals surface area contributed by atoms with E-state index in [1.165, 1.54) is 12.7 Å². The molecule has 0 aromatic heterocycles. The fourth-order valence-electron chi connectivity index (χ4n) is 5.84. The first-order chi connectivity index (χ1) is 17.4. The van der Waals surface area contributed by atoms with E-state index in [1.807, 2.05) is 18.2 Å². The Kier molecular flexibility index (Phi) is 6.71. The highest BCUT2D eigenvalue weighted by Gasteiger charge is 2.38. The van der Waals surface area contributed by atoms with E-state index in [-0.39, 0.29) is 17.4 Å². The zero-order chi connectivity index (χ0) is 25.4. The van der Waals surface area contributed by atoms with Crippen LogP contribution in [-0.4, -0.2) is 35.6 Å². The van der Waals surface area contributed by atoms with Crippen LogP contribution in [0.3, 0.4) is 0 Å². The van der Waals surface area contributed by atoms with E-state index in [0.717, 1.165) is 71.4 Å². The molecule has 3 aromatic carbocycles. The van der Waals surface area contributed by atoms with Gasteiger partial charge in [0.15, 0.2) is 11.5 Å². The topological polar surface area (TPSA) is 88.4 Å². The molecule has 0 fully saturated rings. The van der Waals surface area contributed by atoms with E-state index >= 15 is 0 Å². The third-order valence-electron chi connectivity index (χ3n) is 7.56. The van der Waals surface area contributed by atoms with Gasteiger partial charge in [0.25, 0.3) is 0 Å². The molecule has 0 bridgehead atoms. The van der Waals surface area contributed by atoms with Gasteiger partial charge >= 0.3 is 0 Å². The number of phenolic OH excluding ortho intramolecular Hbond substituents is 2. The van der Waals surface area contributed by atoms with Crippen LogP contribution in [0.25, 0.3) is 11.1 Å². The van der Waals surface area contributed by atoms with Crippen molar-refractivity contribution < 1.29 is 29.5 Å². The molecular formula is C30H34O6. The van der Waals surface area contributed by atoms with Gasteiger partial charge in [0, 0.05) is 23.6 Å². The van der Waals surface area contributed by atoms with E-state index in [1.54, 1.807) is 31.4 Å². The lowest BCUT2D eigenvalue weighted by atomic mass is 9.72. The molecule has 1 aliphatic heterocycles. The van der Waals surface area contributed by atoms with Crippen LogP contribution >= 0.6 is 0 Å². The summed E-state index contributed by atoms with van der Waals surface area (Å²) in [5.41, 5.74) is 6.18. The van der Waals surface area contributed by atoms with Crippen molar-refractivity contribution in [1.29, 1.82) is 0 Å². The van der Waals surface area contributed by atoms with Crippen molar-refractivity contribution in [1.82, 2.24) is 0 Å². The molecule has 3 N–H and O–H groups in total. The molecule has 1 aliphatic carbocycles. The molecule has 0 radical (unpaired) electrons. The minimum absolute atomic E-state index is 0.0438. The maximum atomic E-state index is 11.3. The number of aliphatic hydroxyl groups is 1. The maximum Gasteiger partial charge on any atom is 0.160 e. The molecule has 0 saturated heterocycles. The Morgan fingerprint density at radius 3 is 2.50 bits per heavy atom. The van der Waals surface area contributed by atoms with Crippen molar-refractivity contribution in [3.63, 3.8) is 0 Å². The third kappa shape index (κ3) is 4.24. The summed E-state index contributed by atoms with van der Waals surface area (Å²) >= 11 is 0. The molecule has 6 heteroatoms. The van der Waals surface area contributed by atoms with E-state index < -0.39 is 12.2 Å². The van der Waals surface area contributed by atoms with Crippen LogP contribution in [-0.2, 0) is 12.8 Å². The molecule has 2 aliphatic rings. The Morgan fingerprint density at radius 2 is 1.75 bits per heavy atom. The quantitative estimate of drug-likeness (QED) is 0.350. The number of hydrogen-bond donors (Lipinski definition) is 3. The number of ether oxygens (including phenoxy) is 3. The summed E-state index contributed by atoms with van der Waals surface area (Å²) in [5, 5.41) is 31.5. The lowest BCUT2D eigenvalue weighted by molar-refractivity contribution is 0.0201. The highest BCUT2D eigenvalue weighted by molar-refractivity contribution is 5.83. The summed E-state index contributed by atoms with van der Waals surface area (Å²) < 4.78 is 17.6. The largest absolute Gasteiger partial charge is 0.508 e. The highest BCUT2D eigenvalue weighted by Crippen LogP contribution is 2.53. The fraction of sp³-hybridized carbons (Fsp3) is 0.400.